The Kier molecular flexibility index (Phi) is 2.37. The van der Waals surface area contributed by atoms with Crippen molar-refractivity contribution in [1.29, 1.82) is 0 Å². The highest BCUT2D eigenvalue weighted by molar-refractivity contribution is 5.91. The van der Waals surface area contributed by atoms with E-state index in [1.165, 1.54) is 6.08 Å². The van der Waals surface area contributed by atoms with Gasteiger partial charge in [0.15, 0.2) is 5.78 Å². The summed E-state index contributed by atoms with van der Waals surface area (Å²) in [5, 5.41) is 0. The first-order valence-electron chi connectivity index (χ1n) is 4.78. The van der Waals surface area contributed by atoms with Crippen LogP contribution in [-0.4, -0.2) is 15.3 Å². The van der Waals surface area contributed by atoms with Gasteiger partial charge in [-0.3, -0.25) is 4.79 Å². The maximum Gasteiger partial charge on any atom is 0.162 e. The van der Waals surface area contributed by atoms with Gasteiger partial charge in [0.05, 0.1) is 17.5 Å². The number of carbonyl (C=O) groups excluding carboxylic acids is 1. The van der Waals surface area contributed by atoms with Crippen molar-refractivity contribution in [1.82, 2.24) is 9.55 Å². The molecule has 0 radical (unpaired) electrons. The van der Waals surface area contributed by atoms with E-state index in [2.05, 4.69) is 11.6 Å². The highest BCUT2D eigenvalue weighted by Gasteiger charge is 2.08. The summed E-state index contributed by atoms with van der Waals surface area (Å²) in [5.41, 5.74) is 1.97. The number of ketones is 1. The largest absolute Gasteiger partial charge is 0.331 e. The fourth-order valence-corrected chi connectivity index (χ4v) is 1.58. The van der Waals surface area contributed by atoms with Crippen LogP contribution in [0.1, 0.15) is 5.82 Å². The first-order chi connectivity index (χ1) is 7.22. The Morgan fingerprint density at radius 1 is 1.53 bits per heavy atom. The fraction of sp³-hybridized carbons (Fsp3) is 0.167. The van der Waals surface area contributed by atoms with E-state index in [0.29, 0.717) is 6.42 Å². The molecule has 0 spiro atoms. The molecule has 2 aromatic rings. The predicted molar refractivity (Wildman–Crippen MR) is 59.6 cm³/mol. The van der Waals surface area contributed by atoms with E-state index in [1.807, 2.05) is 35.9 Å². The van der Waals surface area contributed by atoms with E-state index < -0.39 is 0 Å². The van der Waals surface area contributed by atoms with Gasteiger partial charge in [-0.1, -0.05) is 18.7 Å². The smallest absolute Gasteiger partial charge is 0.162 e. The summed E-state index contributed by atoms with van der Waals surface area (Å²) in [6, 6.07) is 7.83. The molecule has 1 aromatic heterocycles. The summed E-state index contributed by atoms with van der Waals surface area (Å²) < 4.78 is 1.94. The van der Waals surface area contributed by atoms with Crippen LogP contribution < -0.4 is 0 Å². The van der Waals surface area contributed by atoms with Crippen LogP contribution in [0.2, 0.25) is 0 Å². The number of aryl methyl sites for hydroxylation is 1. The lowest BCUT2D eigenvalue weighted by molar-refractivity contribution is -0.114. The lowest BCUT2D eigenvalue weighted by Gasteiger charge is -1.98. The molecule has 0 N–H and O–H groups in total. The molecule has 0 aliphatic rings. The van der Waals surface area contributed by atoms with E-state index in [1.54, 1.807) is 0 Å². The summed E-state index contributed by atoms with van der Waals surface area (Å²) in [6.07, 6.45) is 1.65. The molecular formula is C12H12N2O. The molecule has 0 fully saturated rings. The predicted octanol–water partition coefficient (Wildman–Crippen LogP) is 1.87. The molecule has 3 nitrogen and oxygen atoms in total. The molecule has 1 aromatic carbocycles. The van der Waals surface area contributed by atoms with Crippen molar-refractivity contribution in [3.63, 3.8) is 0 Å². The van der Waals surface area contributed by atoms with Crippen molar-refractivity contribution in [2.45, 2.75) is 6.42 Å². The molecule has 76 valence electrons. The summed E-state index contributed by atoms with van der Waals surface area (Å²) in [4.78, 5) is 15.6. The van der Waals surface area contributed by atoms with E-state index >= 15 is 0 Å². The molecule has 0 bridgehead atoms. The zero-order valence-corrected chi connectivity index (χ0v) is 8.60. The minimum atomic E-state index is -0.00611. The average molecular weight is 200 g/mol. The number of nitrogens with zero attached hydrogens (tertiary/aromatic N) is 2. The number of allylic oxidation sites excluding steroid dienone is 1. The Hall–Kier alpha value is -1.90. The topological polar surface area (TPSA) is 34.9 Å². The van der Waals surface area contributed by atoms with Crippen molar-refractivity contribution in [3.8, 4) is 0 Å². The summed E-state index contributed by atoms with van der Waals surface area (Å²) in [6.45, 7) is 3.45. The standard InChI is InChI=1S/C12H12N2O/c1-3-9(15)8-12-13-10-6-4-5-7-11(10)14(12)2/h3-7H,1,8H2,2H3. The molecule has 0 unspecified atom stereocenters. The van der Waals surface area contributed by atoms with Gasteiger partial charge in [-0.05, 0) is 18.2 Å². The SMILES string of the molecule is C=CC(=O)Cc1nc2ccccc2n1C. The van der Waals surface area contributed by atoms with Crippen LogP contribution in [0.25, 0.3) is 11.0 Å². The molecule has 0 aliphatic heterocycles. The van der Waals surface area contributed by atoms with Crippen LogP contribution >= 0.6 is 0 Å². The van der Waals surface area contributed by atoms with Crippen LogP contribution in [0.4, 0.5) is 0 Å². The van der Waals surface area contributed by atoms with Crippen LogP contribution in [-0.2, 0) is 18.3 Å². The molecule has 1 heterocycles. The van der Waals surface area contributed by atoms with Gasteiger partial charge >= 0.3 is 0 Å². The minimum absolute atomic E-state index is 0.00611. The first kappa shape index (κ1) is 9.65. The Bertz CT molecular complexity index is 525. The van der Waals surface area contributed by atoms with Gasteiger partial charge in [0.1, 0.15) is 5.82 Å². The van der Waals surface area contributed by atoms with Crippen molar-refractivity contribution in [3.05, 3.63) is 42.7 Å². The third-order valence-electron chi connectivity index (χ3n) is 2.44. The number of hydrogen-bond donors (Lipinski definition) is 0. The highest BCUT2D eigenvalue weighted by atomic mass is 16.1. The molecule has 0 aliphatic carbocycles. The number of aromatic nitrogens is 2. The third-order valence-corrected chi connectivity index (χ3v) is 2.44. The van der Waals surface area contributed by atoms with Gasteiger partial charge in [-0.2, -0.15) is 0 Å². The molecule has 0 amide bonds. The van der Waals surface area contributed by atoms with Gasteiger partial charge < -0.3 is 4.57 Å². The molecule has 0 atom stereocenters. The Labute approximate surface area is 88.0 Å². The van der Waals surface area contributed by atoms with E-state index in [-0.39, 0.29) is 5.78 Å². The minimum Gasteiger partial charge on any atom is -0.331 e. The van der Waals surface area contributed by atoms with Gasteiger partial charge in [0.25, 0.3) is 0 Å². The summed E-state index contributed by atoms with van der Waals surface area (Å²) in [5.74, 6) is 0.773. The average Bonchev–Trinajstić information content (AvgIpc) is 2.57. The second-order valence-electron chi connectivity index (χ2n) is 3.42. The van der Waals surface area contributed by atoms with Gasteiger partial charge in [-0.15, -0.1) is 0 Å². The van der Waals surface area contributed by atoms with Crippen molar-refractivity contribution >= 4 is 16.8 Å². The van der Waals surface area contributed by atoms with Crippen molar-refractivity contribution in [2.24, 2.45) is 7.05 Å². The van der Waals surface area contributed by atoms with E-state index in [9.17, 15) is 4.79 Å². The van der Waals surface area contributed by atoms with Gasteiger partial charge in [0.2, 0.25) is 0 Å². The number of para-hydroxylation sites is 2. The Morgan fingerprint density at radius 2 is 2.27 bits per heavy atom. The number of benzene rings is 1. The quantitative estimate of drug-likeness (QED) is 0.709. The van der Waals surface area contributed by atoms with Gasteiger partial charge in [-0.25, -0.2) is 4.98 Å². The molecule has 15 heavy (non-hydrogen) atoms. The van der Waals surface area contributed by atoms with Crippen LogP contribution in [0, 0.1) is 0 Å². The molecule has 3 heteroatoms. The second-order valence-corrected chi connectivity index (χ2v) is 3.42. The van der Waals surface area contributed by atoms with Crippen LogP contribution in [0.15, 0.2) is 36.9 Å². The number of carbonyl (C=O) groups is 1. The van der Waals surface area contributed by atoms with E-state index in [0.717, 1.165) is 16.9 Å². The molecule has 0 saturated carbocycles. The first-order valence-corrected chi connectivity index (χ1v) is 4.78. The van der Waals surface area contributed by atoms with Gasteiger partial charge in [0, 0.05) is 7.05 Å². The molecular weight excluding hydrogens is 188 g/mol. The van der Waals surface area contributed by atoms with Crippen molar-refractivity contribution < 1.29 is 4.79 Å². The number of rotatable bonds is 3. The maximum absolute atomic E-state index is 11.2. The number of imidazole rings is 1. The zero-order valence-electron chi connectivity index (χ0n) is 8.60. The highest BCUT2D eigenvalue weighted by Crippen LogP contribution is 2.14. The maximum atomic E-state index is 11.2. The summed E-state index contributed by atoms with van der Waals surface area (Å²) in [7, 11) is 1.92. The van der Waals surface area contributed by atoms with E-state index in [4.69, 9.17) is 0 Å². The number of hydrogen-bond acceptors (Lipinski definition) is 2. The molecule has 2 rings (SSSR count). The molecule has 0 saturated heterocycles. The monoisotopic (exact) mass is 200 g/mol. The lowest BCUT2D eigenvalue weighted by atomic mass is 10.3. The van der Waals surface area contributed by atoms with Crippen molar-refractivity contribution in [2.75, 3.05) is 0 Å². The third kappa shape index (κ3) is 1.68. The van der Waals surface area contributed by atoms with Crippen LogP contribution in [0.5, 0.6) is 0 Å². The number of fused-ring (bicyclic) bond motifs is 1. The summed E-state index contributed by atoms with van der Waals surface area (Å²) >= 11 is 0. The second kappa shape index (κ2) is 3.69. The normalized spacial score (nSPS) is 10.5. The fourth-order valence-electron chi connectivity index (χ4n) is 1.58. The van der Waals surface area contributed by atoms with Crippen LogP contribution in [0.3, 0.4) is 0 Å². The Balaban J connectivity index is 2.48. The lowest BCUT2D eigenvalue weighted by Crippen LogP contribution is -2.04. The Morgan fingerprint density at radius 3 is 2.93 bits per heavy atom. The zero-order chi connectivity index (χ0) is 10.8.